The van der Waals surface area contributed by atoms with Crippen molar-refractivity contribution < 1.29 is 26.2 Å². The van der Waals surface area contributed by atoms with E-state index in [9.17, 15) is 0 Å². The maximum absolute atomic E-state index is 2.99. The summed E-state index contributed by atoms with van der Waals surface area (Å²) in [4.78, 5) is 0. The van der Waals surface area contributed by atoms with Gasteiger partial charge < -0.3 is 37.1 Å². The van der Waals surface area contributed by atoms with Gasteiger partial charge in [0.1, 0.15) is 0 Å². The fourth-order valence-corrected chi connectivity index (χ4v) is 1.02. The number of benzene rings is 2. The molecule has 0 heterocycles. The van der Waals surface area contributed by atoms with Crippen LogP contribution in [0.4, 0.5) is 0 Å². The number of hydrogen-bond acceptors (Lipinski definition) is 0. The molecule has 0 bridgehead atoms. The molecule has 1 unspecified atom stereocenters. The van der Waals surface area contributed by atoms with E-state index in [2.05, 4.69) is 24.3 Å². The van der Waals surface area contributed by atoms with E-state index in [1.807, 2.05) is 72.8 Å². The normalized spacial score (nSPS) is 7.08. The topological polar surface area (TPSA) is 0 Å². The summed E-state index contributed by atoms with van der Waals surface area (Å²) in [5, 5.41) is 0. The van der Waals surface area contributed by atoms with Gasteiger partial charge in [0, 0.05) is 26.2 Å². The second-order valence-corrected chi connectivity index (χ2v) is 3.16. The quantitative estimate of drug-likeness (QED) is 0.265. The summed E-state index contributed by atoms with van der Waals surface area (Å²) in [6, 6.07) is 25.0. The first-order valence-electron chi connectivity index (χ1n) is 5.54. The van der Waals surface area contributed by atoms with Crippen molar-refractivity contribution in [3.8, 4) is 0 Å². The Balaban J connectivity index is -0.0000000204. The van der Waals surface area contributed by atoms with Crippen molar-refractivity contribution in [1.82, 2.24) is 0 Å². The minimum Gasteiger partial charge on any atom is -0.358 e. The van der Waals surface area contributed by atoms with Crippen LogP contribution in [0, 0.1) is 55.3 Å². The minimum absolute atomic E-state index is 0. The van der Waals surface area contributed by atoms with Gasteiger partial charge in [-0.2, -0.15) is 88.8 Å². The predicted molar refractivity (Wildman–Crippen MR) is 130 cm³/mol. The molecule has 1 aliphatic rings. The standard InChI is InChI=1S/2C6H5.C5H5.5CH3.2ClH.H3P.Zr/c2*1-2-4-6-5-3-1;1-2-4-5-3-1;;;;;;;;;/h2*1-5H;1-3H,4H2;5*1H3;2*1H;1H3;/q8*-1;;;;. The van der Waals surface area contributed by atoms with E-state index in [4.69, 9.17) is 0 Å². The van der Waals surface area contributed by atoms with Crippen molar-refractivity contribution in [2.75, 3.05) is 0 Å². The minimum atomic E-state index is 0. The van der Waals surface area contributed by atoms with Gasteiger partial charge >= 0.3 is 0 Å². The molecule has 3 rings (SSSR count). The van der Waals surface area contributed by atoms with Gasteiger partial charge in [0.05, 0.1) is 0 Å². The summed E-state index contributed by atoms with van der Waals surface area (Å²) in [6.07, 6.45) is 10.0. The third-order valence-corrected chi connectivity index (χ3v) is 1.80. The van der Waals surface area contributed by atoms with Crippen molar-refractivity contribution in [3.05, 3.63) is 134 Å². The number of rotatable bonds is 0. The Morgan fingerprint density at radius 3 is 1.00 bits per heavy atom. The average Bonchev–Trinajstić information content (AvgIpc) is 3.03. The Morgan fingerprint density at radius 2 is 0.923 bits per heavy atom. The van der Waals surface area contributed by atoms with Gasteiger partial charge in [0.25, 0.3) is 0 Å². The molecule has 0 saturated heterocycles. The van der Waals surface area contributed by atoms with E-state index < -0.39 is 0 Å². The van der Waals surface area contributed by atoms with E-state index in [1.165, 1.54) is 0 Å². The van der Waals surface area contributed by atoms with Crippen molar-refractivity contribution in [2.24, 2.45) is 0 Å². The number of hydrogen-bond donors (Lipinski definition) is 0. The first-order valence-corrected chi connectivity index (χ1v) is 5.54. The smallest absolute Gasteiger partial charge is 0 e. The molecule has 0 radical (unpaired) electrons. The van der Waals surface area contributed by atoms with Crippen LogP contribution < -0.4 is 0 Å². The molecule has 0 aromatic heterocycles. The van der Waals surface area contributed by atoms with Gasteiger partial charge in [-0.3, -0.25) is 6.08 Å². The van der Waals surface area contributed by atoms with Crippen molar-refractivity contribution in [2.45, 2.75) is 6.42 Å². The van der Waals surface area contributed by atoms with Gasteiger partial charge in [-0.05, 0) is 0 Å². The van der Waals surface area contributed by atoms with Crippen molar-refractivity contribution >= 4 is 34.7 Å². The van der Waals surface area contributed by atoms with Crippen LogP contribution in [0.3, 0.4) is 0 Å². The van der Waals surface area contributed by atoms with Crippen LogP contribution in [-0.2, 0) is 26.2 Å². The molecule has 0 nitrogen and oxygen atoms in total. The second kappa shape index (κ2) is 49.8. The average molecular weight is 493 g/mol. The first kappa shape index (κ1) is 56.2. The van der Waals surface area contributed by atoms with E-state index in [0.29, 0.717) is 0 Å². The van der Waals surface area contributed by atoms with E-state index in [1.54, 1.807) is 0 Å². The van der Waals surface area contributed by atoms with E-state index in [-0.39, 0.29) is 98.0 Å². The Bertz CT molecular complexity index is 326. The zero-order chi connectivity index (χ0) is 12.0. The zero-order valence-electron chi connectivity index (χ0n) is 16.7. The summed E-state index contributed by atoms with van der Waals surface area (Å²) in [5.41, 5.74) is 0. The fraction of sp³-hybridized carbons (Fsp3) is 0.0455. The maximum Gasteiger partial charge on any atom is 0 e. The summed E-state index contributed by atoms with van der Waals surface area (Å²) in [7, 11) is 0. The SMILES string of the molecule is Cl.Cl.P.[C-]1=CC=CC1.[CH3-].[CH3-].[CH3-].[CH3-].[CH3-].[Zr].[c-]1ccccc1.[c-]1ccccc1. The third-order valence-electron chi connectivity index (χ3n) is 1.80. The molecule has 4 heteroatoms. The van der Waals surface area contributed by atoms with Crippen LogP contribution in [-0.4, -0.2) is 0 Å². The number of halogens is 2. The summed E-state index contributed by atoms with van der Waals surface area (Å²) >= 11 is 0. The fourth-order valence-electron chi connectivity index (χ4n) is 1.02. The van der Waals surface area contributed by atoms with Gasteiger partial charge in [0.2, 0.25) is 0 Å². The van der Waals surface area contributed by atoms with Crippen LogP contribution in [0.15, 0.2) is 78.9 Å². The van der Waals surface area contributed by atoms with Crippen LogP contribution in [0.1, 0.15) is 6.42 Å². The third kappa shape index (κ3) is 43.8. The Kier molecular flexibility index (Phi) is 108. The number of allylic oxidation sites excluding steroid dienone is 4. The molecule has 0 fully saturated rings. The van der Waals surface area contributed by atoms with Crippen LogP contribution in [0.25, 0.3) is 0 Å². The molecule has 1 aliphatic carbocycles. The van der Waals surface area contributed by atoms with Gasteiger partial charge in [-0.1, -0.05) is 0 Å². The molecule has 26 heavy (non-hydrogen) atoms. The van der Waals surface area contributed by atoms with Gasteiger partial charge in [-0.25, -0.2) is 12.2 Å². The molecular weight excluding hydrogens is 457 g/mol. The molecule has 154 valence electrons. The van der Waals surface area contributed by atoms with Gasteiger partial charge in [-0.15, -0.1) is 31.2 Å². The molecule has 0 aliphatic heterocycles. The van der Waals surface area contributed by atoms with Crippen LogP contribution in [0.2, 0.25) is 0 Å². The molecule has 2 aromatic carbocycles. The summed E-state index contributed by atoms with van der Waals surface area (Å²) < 4.78 is 0. The van der Waals surface area contributed by atoms with Crippen LogP contribution in [0.5, 0.6) is 0 Å². The second-order valence-electron chi connectivity index (χ2n) is 3.16. The Morgan fingerprint density at radius 1 is 0.577 bits per heavy atom. The molecule has 0 saturated carbocycles. The Labute approximate surface area is 200 Å². The van der Waals surface area contributed by atoms with Crippen LogP contribution >= 0.6 is 34.7 Å². The largest absolute Gasteiger partial charge is 0.358 e. The summed E-state index contributed by atoms with van der Waals surface area (Å²) in [6.45, 7) is 0. The van der Waals surface area contributed by atoms with Crippen molar-refractivity contribution in [1.29, 1.82) is 0 Å². The molecule has 0 spiro atoms. The summed E-state index contributed by atoms with van der Waals surface area (Å²) in [5.74, 6) is 0. The maximum atomic E-state index is 2.99. The molecule has 1 atom stereocenters. The molecule has 0 N–H and O–H groups in total. The monoisotopic (exact) mass is 490 g/mol. The molecular formula is C22H35Cl2PZr-8. The molecule has 0 amide bonds. The van der Waals surface area contributed by atoms with E-state index in [0.717, 1.165) is 6.42 Å². The van der Waals surface area contributed by atoms with Gasteiger partial charge in [0.15, 0.2) is 0 Å². The first-order chi connectivity index (χ1) is 8.50. The van der Waals surface area contributed by atoms with E-state index >= 15 is 0 Å². The van der Waals surface area contributed by atoms with Crippen molar-refractivity contribution in [3.63, 3.8) is 0 Å². The Hall–Kier alpha value is -0.187. The molecule has 2 aromatic rings. The predicted octanol–water partition coefficient (Wildman–Crippen LogP) is 7.43. The zero-order valence-corrected chi connectivity index (χ0v) is 22.2.